The van der Waals surface area contributed by atoms with Gasteiger partial charge in [-0.1, -0.05) is 24.0 Å². The largest absolute Gasteiger partial charge is 0.481 e. The van der Waals surface area contributed by atoms with E-state index in [0.29, 0.717) is 5.56 Å². The van der Waals surface area contributed by atoms with E-state index in [-0.39, 0.29) is 18.6 Å². The average Bonchev–Trinajstić information content (AvgIpc) is 2.41. The number of nitrogens with one attached hydrogen (secondary N) is 1. The highest BCUT2D eigenvalue weighted by Crippen LogP contribution is 2.07. The fourth-order valence-corrected chi connectivity index (χ4v) is 1.46. The number of aliphatic carboxylic acids is 1. The summed E-state index contributed by atoms with van der Waals surface area (Å²) in [5.74, 6) is 4.90. The molecule has 1 aromatic rings. The zero-order valence-electron chi connectivity index (χ0n) is 10.9. The van der Waals surface area contributed by atoms with Gasteiger partial charge in [-0.05, 0) is 19.2 Å². The van der Waals surface area contributed by atoms with Gasteiger partial charge in [0.15, 0.2) is 5.78 Å². The fraction of sp³-hybridized carbons (Fsp3) is 0.333. The number of hydrogen-bond acceptors (Lipinski definition) is 3. The van der Waals surface area contributed by atoms with Crippen LogP contribution in [0.25, 0.3) is 0 Å². The summed E-state index contributed by atoms with van der Waals surface area (Å²) in [6.07, 6.45) is 0.669. The second-order valence-electron chi connectivity index (χ2n) is 4.05. The van der Waals surface area contributed by atoms with Crippen molar-refractivity contribution in [1.82, 2.24) is 5.32 Å². The molecule has 0 atom stereocenters. The Bertz CT molecular complexity index is 494. The lowest BCUT2D eigenvalue weighted by atomic mass is 10.0. The minimum atomic E-state index is -0.958. The number of hydrogen-bond donors (Lipinski definition) is 2. The third-order valence-electron chi connectivity index (χ3n) is 2.51. The lowest BCUT2D eigenvalue weighted by Crippen LogP contribution is -2.05. The van der Waals surface area contributed by atoms with Gasteiger partial charge in [-0.25, -0.2) is 0 Å². The molecule has 0 fully saturated rings. The van der Waals surface area contributed by atoms with Crippen LogP contribution in [0.1, 0.15) is 35.2 Å². The van der Waals surface area contributed by atoms with E-state index < -0.39 is 5.97 Å². The molecule has 0 saturated carbocycles. The second-order valence-corrected chi connectivity index (χ2v) is 4.05. The van der Waals surface area contributed by atoms with Gasteiger partial charge < -0.3 is 10.4 Å². The number of carboxylic acids is 1. The highest BCUT2D eigenvalue weighted by molar-refractivity contribution is 5.97. The van der Waals surface area contributed by atoms with E-state index in [4.69, 9.17) is 5.11 Å². The zero-order chi connectivity index (χ0) is 14.1. The molecule has 0 aromatic heterocycles. The van der Waals surface area contributed by atoms with Gasteiger partial charge in [0.1, 0.15) is 0 Å². The summed E-state index contributed by atoms with van der Waals surface area (Å²) < 4.78 is 0. The molecule has 0 radical (unpaired) electrons. The SMILES string of the molecule is CNCCC#Cc1ccc(C(=O)CCC(=O)O)cc1. The molecule has 100 valence electrons. The first-order valence-corrected chi connectivity index (χ1v) is 6.12. The number of Topliss-reactive ketones (excluding diaryl/α,β-unsaturated/α-hetero) is 1. The number of carbonyl (C=O) groups excluding carboxylic acids is 1. The number of ketones is 1. The summed E-state index contributed by atoms with van der Waals surface area (Å²) in [5.41, 5.74) is 1.38. The molecule has 0 amide bonds. The van der Waals surface area contributed by atoms with Crippen LogP contribution in [0.3, 0.4) is 0 Å². The molecule has 0 saturated heterocycles. The molecule has 0 bridgehead atoms. The second kappa shape index (κ2) is 8.06. The average molecular weight is 259 g/mol. The Hall–Kier alpha value is -2.12. The predicted octanol–water partition coefficient (Wildman–Crippen LogP) is 1.70. The summed E-state index contributed by atoms with van der Waals surface area (Å²) in [7, 11) is 1.87. The molecule has 19 heavy (non-hydrogen) atoms. The van der Waals surface area contributed by atoms with Gasteiger partial charge in [-0.3, -0.25) is 9.59 Å². The first kappa shape index (κ1) is 14.9. The van der Waals surface area contributed by atoms with Crippen LogP contribution in [0.5, 0.6) is 0 Å². The van der Waals surface area contributed by atoms with Crippen LogP contribution in [0, 0.1) is 11.8 Å². The van der Waals surface area contributed by atoms with Crippen molar-refractivity contribution in [1.29, 1.82) is 0 Å². The maximum absolute atomic E-state index is 11.7. The molecule has 1 aromatic carbocycles. The van der Waals surface area contributed by atoms with E-state index in [2.05, 4.69) is 17.2 Å². The summed E-state index contributed by atoms with van der Waals surface area (Å²) in [5, 5.41) is 11.5. The Morgan fingerprint density at radius 3 is 2.47 bits per heavy atom. The molecule has 4 heteroatoms. The van der Waals surface area contributed by atoms with Crippen molar-refractivity contribution in [3.8, 4) is 11.8 Å². The number of rotatable bonds is 6. The Morgan fingerprint density at radius 1 is 1.21 bits per heavy atom. The fourth-order valence-electron chi connectivity index (χ4n) is 1.46. The quantitative estimate of drug-likeness (QED) is 0.463. The maximum Gasteiger partial charge on any atom is 0.303 e. The third-order valence-corrected chi connectivity index (χ3v) is 2.51. The topological polar surface area (TPSA) is 66.4 Å². The molecule has 1 rings (SSSR count). The Labute approximate surface area is 112 Å². The van der Waals surface area contributed by atoms with Gasteiger partial charge in [0.25, 0.3) is 0 Å². The van der Waals surface area contributed by atoms with Crippen LogP contribution in [-0.2, 0) is 4.79 Å². The van der Waals surface area contributed by atoms with Crippen molar-refractivity contribution < 1.29 is 14.7 Å². The number of carboxylic acid groups (broad SMARTS) is 1. The van der Waals surface area contributed by atoms with Crippen LogP contribution in [0.15, 0.2) is 24.3 Å². The minimum Gasteiger partial charge on any atom is -0.481 e. The van der Waals surface area contributed by atoms with Gasteiger partial charge in [-0.15, -0.1) is 0 Å². The van der Waals surface area contributed by atoms with Gasteiger partial charge >= 0.3 is 5.97 Å². The van der Waals surface area contributed by atoms with Crippen molar-refractivity contribution in [2.75, 3.05) is 13.6 Å². The van der Waals surface area contributed by atoms with Crippen LogP contribution in [-0.4, -0.2) is 30.5 Å². The molecular formula is C15H17NO3. The van der Waals surface area contributed by atoms with Crippen LogP contribution < -0.4 is 5.32 Å². The summed E-state index contributed by atoms with van der Waals surface area (Å²) in [6, 6.07) is 6.93. The van der Waals surface area contributed by atoms with Crippen LogP contribution in [0.2, 0.25) is 0 Å². The monoisotopic (exact) mass is 259 g/mol. The molecular weight excluding hydrogens is 242 g/mol. The smallest absolute Gasteiger partial charge is 0.303 e. The summed E-state index contributed by atoms with van der Waals surface area (Å²) >= 11 is 0. The van der Waals surface area contributed by atoms with Crippen molar-refractivity contribution in [3.05, 3.63) is 35.4 Å². The predicted molar refractivity (Wildman–Crippen MR) is 73.1 cm³/mol. The normalized spacial score (nSPS) is 9.53. The molecule has 0 spiro atoms. The van der Waals surface area contributed by atoms with Crippen molar-refractivity contribution >= 4 is 11.8 Å². The Kier molecular flexibility index (Phi) is 6.34. The molecule has 2 N–H and O–H groups in total. The number of carbonyl (C=O) groups is 2. The molecule has 0 aliphatic rings. The Morgan fingerprint density at radius 2 is 1.89 bits per heavy atom. The van der Waals surface area contributed by atoms with E-state index in [1.54, 1.807) is 24.3 Å². The molecule has 0 heterocycles. The highest BCUT2D eigenvalue weighted by Gasteiger charge is 2.07. The van der Waals surface area contributed by atoms with E-state index >= 15 is 0 Å². The van der Waals surface area contributed by atoms with Crippen molar-refractivity contribution in [2.24, 2.45) is 0 Å². The first-order valence-electron chi connectivity index (χ1n) is 6.12. The summed E-state index contributed by atoms with van der Waals surface area (Å²) in [6.45, 7) is 0.846. The van der Waals surface area contributed by atoms with Gasteiger partial charge in [0.2, 0.25) is 0 Å². The Balaban J connectivity index is 2.57. The highest BCUT2D eigenvalue weighted by atomic mass is 16.4. The van der Waals surface area contributed by atoms with E-state index in [1.807, 2.05) is 7.05 Å². The minimum absolute atomic E-state index is 0.0303. The summed E-state index contributed by atoms with van der Waals surface area (Å²) in [4.78, 5) is 22.0. The van der Waals surface area contributed by atoms with E-state index in [9.17, 15) is 9.59 Å². The first-order chi connectivity index (χ1) is 9.13. The zero-order valence-corrected chi connectivity index (χ0v) is 10.9. The molecule has 4 nitrogen and oxygen atoms in total. The number of benzene rings is 1. The van der Waals surface area contributed by atoms with Gasteiger partial charge in [0.05, 0.1) is 6.42 Å². The van der Waals surface area contributed by atoms with E-state index in [1.165, 1.54) is 0 Å². The molecule has 0 aliphatic carbocycles. The maximum atomic E-state index is 11.7. The van der Waals surface area contributed by atoms with E-state index in [0.717, 1.165) is 18.5 Å². The van der Waals surface area contributed by atoms with Gasteiger partial charge in [0, 0.05) is 30.5 Å². The molecule has 0 unspecified atom stereocenters. The lowest BCUT2D eigenvalue weighted by Gasteiger charge is -1.99. The molecule has 0 aliphatic heterocycles. The van der Waals surface area contributed by atoms with Gasteiger partial charge in [-0.2, -0.15) is 0 Å². The van der Waals surface area contributed by atoms with Crippen molar-refractivity contribution in [2.45, 2.75) is 19.3 Å². The van der Waals surface area contributed by atoms with Crippen LogP contribution >= 0.6 is 0 Å². The third kappa shape index (κ3) is 5.84. The van der Waals surface area contributed by atoms with Crippen LogP contribution in [0.4, 0.5) is 0 Å². The standard InChI is InChI=1S/C15H17NO3/c1-16-11-3-2-4-12-5-7-13(8-6-12)14(17)9-10-15(18)19/h5-8,16H,3,9-11H2,1H3,(H,18,19). The lowest BCUT2D eigenvalue weighted by molar-refractivity contribution is -0.136. The van der Waals surface area contributed by atoms with Crippen molar-refractivity contribution in [3.63, 3.8) is 0 Å².